The monoisotopic (exact) mass is 355 g/mol. The molecule has 0 aromatic heterocycles. The van der Waals surface area contributed by atoms with E-state index in [1.165, 1.54) is 0 Å². The van der Waals surface area contributed by atoms with Gasteiger partial charge in [-0.3, -0.25) is 4.90 Å². The number of benzene rings is 1. The number of aliphatic hydroxyl groups is 1. The van der Waals surface area contributed by atoms with Crippen molar-refractivity contribution in [2.75, 3.05) is 32.8 Å². The van der Waals surface area contributed by atoms with Crippen LogP contribution in [0.25, 0.3) is 0 Å². The number of ether oxygens (including phenoxy) is 3. The molecule has 1 N–H and O–H groups in total. The highest BCUT2D eigenvalue weighted by Gasteiger charge is 2.28. The van der Waals surface area contributed by atoms with Gasteiger partial charge in [0, 0.05) is 26.1 Å². The van der Waals surface area contributed by atoms with E-state index in [4.69, 9.17) is 14.2 Å². The molecule has 0 radical (unpaired) electrons. The van der Waals surface area contributed by atoms with E-state index in [1.54, 1.807) is 6.92 Å². The molecule has 0 fully saturated rings. The lowest BCUT2D eigenvalue weighted by atomic mass is 10.1. The number of halogens is 1. The van der Waals surface area contributed by atoms with E-state index >= 15 is 0 Å². The normalized spacial score (nSPS) is 20.3. The summed E-state index contributed by atoms with van der Waals surface area (Å²) >= 11 is 0. The molecule has 2 heterocycles. The van der Waals surface area contributed by atoms with Crippen LogP contribution in [0.5, 0.6) is 11.5 Å². The van der Waals surface area contributed by atoms with Crippen LogP contribution in [0.1, 0.15) is 13.3 Å². The van der Waals surface area contributed by atoms with Crippen molar-refractivity contribution in [3.63, 3.8) is 0 Å². The average molecular weight is 356 g/mol. The Morgan fingerprint density at radius 1 is 1.38 bits per heavy atom. The second-order valence-electron chi connectivity index (χ2n) is 5.63. The Morgan fingerprint density at radius 3 is 2.88 bits per heavy atom. The minimum absolute atomic E-state index is 0. The van der Waals surface area contributed by atoms with Gasteiger partial charge >= 0.3 is 5.97 Å². The van der Waals surface area contributed by atoms with E-state index in [2.05, 4.69) is 4.90 Å². The first-order valence-electron chi connectivity index (χ1n) is 7.86. The molecular weight excluding hydrogens is 334 g/mol. The zero-order chi connectivity index (χ0) is 16.2. The zero-order valence-electron chi connectivity index (χ0n) is 13.6. The van der Waals surface area contributed by atoms with Crippen molar-refractivity contribution >= 4 is 18.4 Å². The van der Waals surface area contributed by atoms with Crippen LogP contribution in [0.3, 0.4) is 0 Å². The predicted molar refractivity (Wildman–Crippen MR) is 90.9 cm³/mol. The van der Waals surface area contributed by atoms with Gasteiger partial charge in [0.25, 0.3) is 0 Å². The molecule has 24 heavy (non-hydrogen) atoms. The van der Waals surface area contributed by atoms with Crippen LogP contribution in [-0.2, 0) is 9.53 Å². The van der Waals surface area contributed by atoms with Gasteiger partial charge in [0.1, 0.15) is 18.5 Å². The molecular formula is C17H22ClNO5. The highest BCUT2D eigenvalue weighted by molar-refractivity contribution is 5.89. The summed E-state index contributed by atoms with van der Waals surface area (Å²) in [6.45, 7) is 4.19. The number of carbonyl (C=O) groups is 1. The highest BCUT2D eigenvalue weighted by Crippen LogP contribution is 2.31. The van der Waals surface area contributed by atoms with Crippen molar-refractivity contribution < 1.29 is 24.1 Å². The van der Waals surface area contributed by atoms with Crippen molar-refractivity contribution in [3.8, 4) is 11.5 Å². The van der Waals surface area contributed by atoms with Gasteiger partial charge in [0.2, 0.25) is 0 Å². The molecule has 0 spiro atoms. The molecule has 0 saturated carbocycles. The molecule has 0 aliphatic carbocycles. The molecule has 6 nitrogen and oxygen atoms in total. The van der Waals surface area contributed by atoms with Crippen molar-refractivity contribution in [1.82, 2.24) is 4.90 Å². The molecule has 1 aromatic carbocycles. The Balaban J connectivity index is 0.00000208. The van der Waals surface area contributed by atoms with Crippen LogP contribution in [0.4, 0.5) is 0 Å². The number of hydrogen-bond acceptors (Lipinski definition) is 6. The Bertz CT molecular complexity index is 619. The van der Waals surface area contributed by atoms with Gasteiger partial charge in [-0.2, -0.15) is 0 Å². The first-order valence-corrected chi connectivity index (χ1v) is 7.86. The fraction of sp³-hybridized carbons (Fsp3) is 0.471. The molecule has 0 bridgehead atoms. The summed E-state index contributed by atoms with van der Waals surface area (Å²) in [5.41, 5.74) is 0.343. The maximum absolute atomic E-state index is 11.9. The fourth-order valence-corrected chi connectivity index (χ4v) is 2.81. The number of aliphatic hydroxyl groups excluding tert-OH is 1. The number of carbonyl (C=O) groups excluding carboxylic acids is 1. The van der Waals surface area contributed by atoms with E-state index in [-0.39, 0.29) is 24.3 Å². The van der Waals surface area contributed by atoms with Gasteiger partial charge in [-0.05, 0) is 19.1 Å². The van der Waals surface area contributed by atoms with E-state index in [0.717, 1.165) is 11.5 Å². The van der Waals surface area contributed by atoms with Gasteiger partial charge in [-0.25, -0.2) is 4.79 Å². The number of hydrogen-bond donors (Lipinski definition) is 1. The molecule has 2 aliphatic heterocycles. The van der Waals surface area contributed by atoms with Crippen LogP contribution in [0, 0.1) is 0 Å². The Hall–Kier alpha value is -1.92. The topological polar surface area (TPSA) is 68.2 Å². The fourth-order valence-electron chi connectivity index (χ4n) is 2.81. The summed E-state index contributed by atoms with van der Waals surface area (Å²) in [5.74, 6) is 1.18. The van der Waals surface area contributed by atoms with Gasteiger partial charge in [-0.1, -0.05) is 12.1 Å². The van der Waals surface area contributed by atoms with Gasteiger partial charge < -0.3 is 19.3 Å². The van der Waals surface area contributed by atoms with Crippen LogP contribution in [0.15, 0.2) is 35.6 Å². The number of para-hydroxylation sites is 2. The van der Waals surface area contributed by atoms with Gasteiger partial charge in [0.15, 0.2) is 11.5 Å². The molecule has 0 saturated heterocycles. The summed E-state index contributed by atoms with van der Waals surface area (Å²) in [6.07, 6.45) is 0.340. The second kappa shape index (κ2) is 8.26. The van der Waals surface area contributed by atoms with Crippen LogP contribution in [-0.4, -0.2) is 54.9 Å². The third kappa shape index (κ3) is 4.13. The largest absolute Gasteiger partial charge is 0.512 e. The van der Waals surface area contributed by atoms with Crippen LogP contribution in [0.2, 0.25) is 0 Å². The molecule has 7 heteroatoms. The lowest BCUT2D eigenvalue weighted by molar-refractivity contribution is -0.139. The third-order valence-corrected chi connectivity index (χ3v) is 3.95. The minimum Gasteiger partial charge on any atom is -0.512 e. The van der Waals surface area contributed by atoms with Crippen LogP contribution >= 0.6 is 12.4 Å². The molecule has 2 aliphatic rings. The molecule has 1 unspecified atom stereocenters. The van der Waals surface area contributed by atoms with Crippen molar-refractivity contribution in [2.45, 2.75) is 19.4 Å². The number of fused-ring (bicyclic) bond motifs is 1. The Kier molecular flexibility index (Phi) is 6.34. The van der Waals surface area contributed by atoms with E-state index in [0.29, 0.717) is 44.8 Å². The third-order valence-electron chi connectivity index (χ3n) is 3.95. The zero-order valence-corrected chi connectivity index (χ0v) is 14.4. The van der Waals surface area contributed by atoms with Crippen molar-refractivity contribution in [2.24, 2.45) is 0 Å². The number of rotatable bonds is 4. The molecule has 1 aromatic rings. The Labute approximate surface area is 147 Å². The molecule has 1 atom stereocenters. The second-order valence-corrected chi connectivity index (χ2v) is 5.63. The molecule has 3 rings (SSSR count). The maximum atomic E-state index is 11.9. The van der Waals surface area contributed by atoms with Crippen LogP contribution < -0.4 is 9.47 Å². The summed E-state index contributed by atoms with van der Waals surface area (Å²) in [7, 11) is 0. The average Bonchev–Trinajstić information content (AvgIpc) is 2.56. The van der Waals surface area contributed by atoms with Crippen molar-refractivity contribution in [1.29, 1.82) is 0 Å². The lowest BCUT2D eigenvalue weighted by Gasteiger charge is -2.33. The van der Waals surface area contributed by atoms with Gasteiger partial charge in [0.05, 0.1) is 12.2 Å². The highest BCUT2D eigenvalue weighted by atomic mass is 35.5. The van der Waals surface area contributed by atoms with E-state index in [1.807, 2.05) is 24.3 Å². The van der Waals surface area contributed by atoms with Crippen molar-refractivity contribution in [3.05, 3.63) is 35.6 Å². The summed E-state index contributed by atoms with van der Waals surface area (Å²) in [5, 5.41) is 9.92. The smallest absolute Gasteiger partial charge is 0.338 e. The summed E-state index contributed by atoms with van der Waals surface area (Å²) < 4.78 is 16.6. The summed E-state index contributed by atoms with van der Waals surface area (Å²) in [4.78, 5) is 14.0. The maximum Gasteiger partial charge on any atom is 0.338 e. The first kappa shape index (κ1) is 18.4. The predicted octanol–water partition coefficient (Wildman–Crippen LogP) is 2.33. The quantitative estimate of drug-likeness (QED) is 0.836. The Morgan fingerprint density at radius 2 is 2.12 bits per heavy atom. The molecule has 132 valence electrons. The van der Waals surface area contributed by atoms with E-state index in [9.17, 15) is 9.90 Å². The summed E-state index contributed by atoms with van der Waals surface area (Å²) in [6, 6.07) is 7.58. The lowest BCUT2D eigenvalue weighted by Crippen LogP contribution is -2.44. The molecule has 0 amide bonds. The number of esters is 1. The SMILES string of the molecule is CCOC(=O)C1=C(O)CCN(CC2COc3ccccc3O2)C1.Cl. The number of nitrogens with zero attached hydrogens (tertiary/aromatic N) is 1. The standard InChI is InChI=1S/C17H21NO5.ClH/c1-2-21-17(20)13-10-18(8-7-14(13)19)9-12-11-22-15-5-3-4-6-16(15)23-12;/h3-6,12,19H,2,7-11H2,1H3;1H. The van der Waals surface area contributed by atoms with E-state index < -0.39 is 5.97 Å². The minimum atomic E-state index is -0.444. The first-order chi connectivity index (χ1) is 11.2. The van der Waals surface area contributed by atoms with Gasteiger partial charge in [-0.15, -0.1) is 12.4 Å².